The number of hydrogen-bond acceptors (Lipinski definition) is 7. The predicted octanol–water partition coefficient (Wildman–Crippen LogP) is 0.904. The van der Waals surface area contributed by atoms with Gasteiger partial charge in [0.1, 0.15) is 18.1 Å². The molecule has 0 atom stereocenters. The number of anilines is 1. The van der Waals surface area contributed by atoms with Crippen molar-refractivity contribution in [3.63, 3.8) is 0 Å². The minimum absolute atomic E-state index is 0.162. The molecule has 8 nitrogen and oxygen atoms in total. The number of nitrogen functional groups attached to an aromatic ring is 1. The van der Waals surface area contributed by atoms with E-state index < -0.39 is 0 Å². The van der Waals surface area contributed by atoms with E-state index >= 15 is 0 Å². The number of nitrogens with two attached hydrogens (primary N) is 1. The molecule has 3 rings (SSSR count). The fourth-order valence-electron chi connectivity index (χ4n) is 2.80. The lowest BCUT2D eigenvalue weighted by Crippen LogP contribution is -2.49. The van der Waals surface area contributed by atoms with Gasteiger partial charge in [-0.25, -0.2) is 9.97 Å². The number of aromatic nitrogens is 2. The van der Waals surface area contributed by atoms with E-state index in [9.17, 15) is 4.79 Å². The van der Waals surface area contributed by atoms with Crippen LogP contribution in [-0.2, 0) is 0 Å². The molecule has 1 amide bonds. The van der Waals surface area contributed by atoms with Gasteiger partial charge in [-0.15, -0.1) is 0 Å². The Morgan fingerprint density at radius 3 is 2.38 bits per heavy atom. The molecule has 1 aliphatic rings. The van der Waals surface area contributed by atoms with Crippen LogP contribution in [0.4, 0.5) is 5.82 Å². The summed E-state index contributed by atoms with van der Waals surface area (Å²) in [6.45, 7) is 4.25. The van der Waals surface area contributed by atoms with E-state index in [2.05, 4.69) is 14.9 Å². The van der Waals surface area contributed by atoms with Gasteiger partial charge in [0.2, 0.25) is 0 Å². The van der Waals surface area contributed by atoms with Crippen molar-refractivity contribution in [2.24, 2.45) is 0 Å². The van der Waals surface area contributed by atoms with Gasteiger partial charge in [-0.1, -0.05) is 0 Å². The predicted molar refractivity (Wildman–Crippen MR) is 97.3 cm³/mol. The Morgan fingerprint density at radius 2 is 1.73 bits per heavy atom. The number of carbonyl (C=O) groups excluding carboxylic acids is 1. The van der Waals surface area contributed by atoms with Gasteiger partial charge in [0.15, 0.2) is 11.5 Å². The topological polar surface area (TPSA) is 93.8 Å². The Hall–Kier alpha value is -2.87. The smallest absolute Gasteiger partial charge is 0.276 e. The highest BCUT2D eigenvalue weighted by molar-refractivity contribution is 5.96. The lowest BCUT2D eigenvalue weighted by molar-refractivity contribution is 0.0615. The van der Waals surface area contributed by atoms with Gasteiger partial charge >= 0.3 is 0 Å². The Morgan fingerprint density at radius 1 is 1.08 bits per heavy atom. The molecule has 1 aromatic carbocycles. The largest absolute Gasteiger partial charge is 0.497 e. The fourth-order valence-corrected chi connectivity index (χ4v) is 2.80. The number of ether oxygens (including phenoxy) is 2. The van der Waals surface area contributed by atoms with Crippen molar-refractivity contribution in [2.45, 2.75) is 0 Å². The summed E-state index contributed by atoms with van der Waals surface area (Å²) >= 11 is 0. The van der Waals surface area contributed by atoms with E-state index in [1.165, 1.54) is 12.4 Å². The standard InChI is InChI=1S/C18H23N5O3/c1-25-14-2-4-15(5-3-14)26-13-12-22-8-10-23(11-9-22)18(24)16-17(19)21-7-6-20-16/h2-7H,8-13H2,1H3,(H2,19,21). The SMILES string of the molecule is COc1ccc(OCCN2CCN(C(=O)c3nccnc3N)CC2)cc1. The van der Waals surface area contributed by atoms with E-state index in [-0.39, 0.29) is 17.4 Å². The number of hydrogen-bond donors (Lipinski definition) is 1. The van der Waals surface area contributed by atoms with Gasteiger partial charge in [-0.3, -0.25) is 9.69 Å². The molecule has 0 bridgehead atoms. The molecular formula is C18H23N5O3. The average molecular weight is 357 g/mol. The molecule has 0 saturated carbocycles. The first-order chi connectivity index (χ1) is 12.7. The zero-order chi connectivity index (χ0) is 18.4. The third-order valence-electron chi connectivity index (χ3n) is 4.32. The maximum atomic E-state index is 12.5. The second-order valence-electron chi connectivity index (χ2n) is 5.95. The van der Waals surface area contributed by atoms with E-state index in [1.54, 1.807) is 12.0 Å². The third kappa shape index (κ3) is 4.40. The number of rotatable bonds is 6. The lowest BCUT2D eigenvalue weighted by atomic mass is 10.2. The first kappa shape index (κ1) is 17.9. The maximum absolute atomic E-state index is 12.5. The van der Waals surface area contributed by atoms with E-state index in [4.69, 9.17) is 15.2 Å². The van der Waals surface area contributed by atoms with Gasteiger partial charge in [0.25, 0.3) is 5.91 Å². The van der Waals surface area contributed by atoms with Gasteiger partial charge in [0.05, 0.1) is 7.11 Å². The summed E-state index contributed by atoms with van der Waals surface area (Å²) in [5, 5.41) is 0. The van der Waals surface area contributed by atoms with Crippen molar-refractivity contribution >= 4 is 11.7 Å². The van der Waals surface area contributed by atoms with Crippen LogP contribution >= 0.6 is 0 Å². The monoisotopic (exact) mass is 357 g/mol. The molecule has 0 spiro atoms. The van der Waals surface area contributed by atoms with Crippen molar-refractivity contribution in [3.05, 3.63) is 42.4 Å². The van der Waals surface area contributed by atoms with Crippen LogP contribution in [0.5, 0.6) is 11.5 Å². The Labute approximate surface area is 152 Å². The zero-order valence-electron chi connectivity index (χ0n) is 14.8. The van der Waals surface area contributed by atoms with Crippen molar-refractivity contribution in [1.82, 2.24) is 19.8 Å². The summed E-state index contributed by atoms with van der Waals surface area (Å²) in [6, 6.07) is 7.53. The second kappa shape index (κ2) is 8.48. The van der Waals surface area contributed by atoms with Crippen LogP contribution < -0.4 is 15.2 Å². The Kier molecular flexibility index (Phi) is 5.85. The summed E-state index contributed by atoms with van der Waals surface area (Å²) in [7, 11) is 1.64. The van der Waals surface area contributed by atoms with Crippen LogP contribution in [0.15, 0.2) is 36.7 Å². The van der Waals surface area contributed by atoms with Gasteiger partial charge in [0, 0.05) is 45.1 Å². The highest BCUT2D eigenvalue weighted by Crippen LogP contribution is 2.17. The molecule has 2 heterocycles. The fraction of sp³-hybridized carbons (Fsp3) is 0.389. The summed E-state index contributed by atoms with van der Waals surface area (Å²) in [5.74, 6) is 1.64. The minimum Gasteiger partial charge on any atom is -0.497 e. The van der Waals surface area contributed by atoms with Gasteiger partial charge in [-0.2, -0.15) is 0 Å². The first-order valence-electron chi connectivity index (χ1n) is 8.52. The zero-order valence-corrected chi connectivity index (χ0v) is 14.8. The van der Waals surface area contributed by atoms with E-state index in [1.807, 2.05) is 24.3 Å². The van der Waals surface area contributed by atoms with Crippen molar-refractivity contribution in [1.29, 1.82) is 0 Å². The van der Waals surface area contributed by atoms with Crippen LogP contribution in [0.25, 0.3) is 0 Å². The van der Waals surface area contributed by atoms with Gasteiger partial charge < -0.3 is 20.1 Å². The quantitative estimate of drug-likeness (QED) is 0.821. The van der Waals surface area contributed by atoms with Crippen molar-refractivity contribution in [3.8, 4) is 11.5 Å². The molecule has 1 aliphatic heterocycles. The average Bonchev–Trinajstić information content (AvgIpc) is 2.69. The Balaban J connectivity index is 1.42. The van der Waals surface area contributed by atoms with Gasteiger partial charge in [-0.05, 0) is 24.3 Å². The summed E-state index contributed by atoms with van der Waals surface area (Å²) in [6.07, 6.45) is 2.96. The molecule has 0 unspecified atom stereocenters. The number of nitrogens with zero attached hydrogens (tertiary/aromatic N) is 4. The lowest BCUT2D eigenvalue weighted by Gasteiger charge is -2.34. The number of methoxy groups -OCH3 is 1. The summed E-state index contributed by atoms with van der Waals surface area (Å²) in [5.41, 5.74) is 5.96. The molecule has 8 heteroatoms. The van der Waals surface area contributed by atoms with Crippen LogP contribution in [0.1, 0.15) is 10.5 Å². The molecule has 1 fully saturated rings. The molecule has 0 radical (unpaired) electrons. The van der Waals surface area contributed by atoms with Crippen LogP contribution in [0.3, 0.4) is 0 Å². The normalized spacial score (nSPS) is 14.9. The second-order valence-corrected chi connectivity index (χ2v) is 5.95. The number of benzene rings is 1. The third-order valence-corrected chi connectivity index (χ3v) is 4.32. The summed E-state index contributed by atoms with van der Waals surface area (Å²) < 4.78 is 10.9. The van der Waals surface area contributed by atoms with Crippen LogP contribution in [-0.4, -0.2) is 72.1 Å². The van der Waals surface area contributed by atoms with Crippen LogP contribution in [0.2, 0.25) is 0 Å². The number of carbonyl (C=O) groups is 1. The number of piperazine rings is 1. The highest BCUT2D eigenvalue weighted by Gasteiger charge is 2.24. The molecular weight excluding hydrogens is 334 g/mol. The van der Waals surface area contributed by atoms with Crippen molar-refractivity contribution < 1.29 is 14.3 Å². The molecule has 1 saturated heterocycles. The van der Waals surface area contributed by atoms with E-state index in [0.717, 1.165) is 31.1 Å². The molecule has 26 heavy (non-hydrogen) atoms. The molecule has 0 aliphatic carbocycles. The molecule has 138 valence electrons. The highest BCUT2D eigenvalue weighted by atomic mass is 16.5. The molecule has 2 aromatic rings. The van der Waals surface area contributed by atoms with Crippen LogP contribution in [0, 0.1) is 0 Å². The molecule has 1 aromatic heterocycles. The Bertz CT molecular complexity index is 730. The van der Waals surface area contributed by atoms with E-state index in [0.29, 0.717) is 19.7 Å². The minimum atomic E-state index is -0.162. The first-order valence-corrected chi connectivity index (χ1v) is 8.52. The number of amides is 1. The molecule has 2 N–H and O–H groups in total. The summed E-state index contributed by atoms with van der Waals surface area (Å²) in [4.78, 5) is 24.5. The maximum Gasteiger partial charge on any atom is 0.276 e. The van der Waals surface area contributed by atoms with Crippen molar-refractivity contribution in [2.75, 3.05) is 52.2 Å².